The van der Waals surface area contributed by atoms with Crippen molar-refractivity contribution in [2.24, 2.45) is 0 Å². The normalized spacial score (nSPS) is 19.3. The standard InChI is InChI=1S/C31H30ClFN8/c1-2-6-26(19-7-4-3-5-8-19)38-29-21(15-34)17-36-31-24(29)13-22(14-25(31)32)37-30(20-9-12-28(33)35-16-20)27-18-41(40-39-27)23-10-11-23/h3-5,7-9,12-14,16-18,23,26,30,37,39-40H,2,6,10-11H2,1H3,(H,36,38)/t26-,30-/m1/s1/i2D2,6D2,30D. The van der Waals surface area contributed by atoms with E-state index in [1.54, 1.807) is 48.7 Å². The summed E-state index contributed by atoms with van der Waals surface area (Å²) in [6, 6.07) is 13.9. The van der Waals surface area contributed by atoms with E-state index in [0.29, 0.717) is 33.4 Å². The molecule has 2 aromatic carbocycles. The van der Waals surface area contributed by atoms with Gasteiger partial charge < -0.3 is 16.1 Å². The van der Waals surface area contributed by atoms with E-state index in [-0.39, 0.29) is 22.3 Å². The summed E-state index contributed by atoms with van der Waals surface area (Å²) in [7, 11) is 0. The Hall–Kier alpha value is -4.39. The molecule has 3 heterocycles. The summed E-state index contributed by atoms with van der Waals surface area (Å²) in [5.41, 5.74) is 8.23. The fraction of sp³-hybridized carbons (Fsp3) is 0.258. The fourth-order valence-corrected chi connectivity index (χ4v) is 4.94. The van der Waals surface area contributed by atoms with Crippen LogP contribution in [-0.2, 0) is 0 Å². The number of halogens is 2. The van der Waals surface area contributed by atoms with Crippen molar-refractivity contribution in [1.82, 2.24) is 25.9 Å². The third-order valence-corrected chi connectivity index (χ3v) is 7.13. The summed E-state index contributed by atoms with van der Waals surface area (Å²) < 4.78 is 57.7. The molecule has 10 heteroatoms. The minimum absolute atomic E-state index is 0.0819. The fourth-order valence-electron chi connectivity index (χ4n) is 4.68. The Morgan fingerprint density at radius 1 is 1.17 bits per heavy atom. The molecule has 6 rings (SSSR count). The van der Waals surface area contributed by atoms with Gasteiger partial charge in [-0.15, -0.1) is 5.53 Å². The van der Waals surface area contributed by atoms with Crippen LogP contribution in [-0.4, -0.2) is 21.0 Å². The average Bonchev–Trinajstić information content (AvgIpc) is 3.75. The summed E-state index contributed by atoms with van der Waals surface area (Å²) in [5, 5.41) is 18.8. The van der Waals surface area contributed by atoms with Crippen LogP contribution in [0.25, 0.3) is 10.9 Å². The molecule has 208 valence electrons. The van der Waals surface area contributed by atoms with Crippen LogP contribution in [0.3, 0.4) is 0 Å². The predicted molar refractivity (Wildman–Crippen MR) is 159 cm³/mol. The lowest BCUT2D eigenvalue weighted by Crippen LogP contribution is -2.38. The summed E-state index contributed by atoms with van der Waals surface area (Å²) in [6.07, 6.45) is 1.65. The molecule has 0 saturated heterocycles. The molecule has 2 aromatic heterocycles. The number of hydrazine groups is 2. The summed E-state index contributed by atoms with van der Waals surface area (Å²) in [5.74, 6) is -0.693. The topological polar surface area (TPSA) is 101 Å². The van der Waals surface area contributed by atoms with Crippen molar-refractivity contribution in [1.29, 1.82) is 5.26 Å². The highest BCUT2D eigenvalue weighted by molar-refractivity contribution is 6.35. The van der Waals surface area contributed by atoms with E-state index < -0.39 is 30.8 Å². The second-order valence-electron chi connectivity index (χ2n) is 9.68. The van der Waals surface area contributed by atoms with Gasteiger partial charge in [-0.05, 0) is 48.5 Å². The van der Waals surface area contributed by atoms with Crippen LogP contribution in [0, 0.1) is 17.3 Å². The zero-order valence-electron chi connectivity index (χ0n) is 27.0. The largest absolute Gasteiger partial charge is 0.377 e. The lowest BCUT2D eigenvalue weighted by Gasteiger charge is -2.24. The third kappa shape index (κ3) is 5.75. The molecule has 2 atom stereocenters. The molecule has 0 amide bonds. The third-order valence-electron chi connectivity index (χ3n) is 6.84. The van der Waals surface area contributed by atoms with Crippen molar-refractivity contribution >= 4 is 33.9 Å². The Bertz CT molecular complexity index is 1840. The van der Waals surface area contributed by atoms with Crippen molar-refractivity contribution in [2.45, 2.75) is 50.6 Å². The first-order valence-corrected chi connectivity index (χ1v) is 13.5. The first-order chi connectivity index (χ1) is 21.8. The maximum absolute atomic E-state index is 13.8. The van der Waals surface area contributed by atoms with Crippen LogP contribution < -0.4 is 21.6 Å². The summed E-state index contributed by atoms with van der Waals surface area (Å²) in [6.45, 7) is 1.17. The number of nitrogens with zero attached hydrogens (tertiary/aromatic N) is 4. The van der Waals surface area contributed by atoms with E-state index in [0.717, 1.165) is 12.8 Å². The number of nitrogens with one attached hydrogen (secondary N) is 4. The zero-order valence-corrected chi connectivity index (χ0v) is 22.8. The number of aromatic nitrogens is 2. The molecule has 0 bridgehead atoms. The van der Waals surface area contributed by atoms with E-state index in [1.165, 1.54) is 31.5 Å². The number of fused-ring (bicyclic) bond motifs is 1. The zero-order chi connectivity index (χ0) is 32.9. The molecule has 2 aliphatic rings. The number of anilines is 2. The van der Waals surface area contributed by atoms with Gasteiger partial charge in [0.05, 0.1) is 40.9 Å². The van der Waals surface area contributed by atoms with Crippen LogP contribution in [0.5, 0.6) is 0 Å². The monoisotopic (exact) mass is 573 g/mol. The SMILES string of the molecule is [2H]C([2H])(C)C([2H])([2H])[C@@H](Nc1c(C#N)cnc2c(Cl)cc(N[C@@]([2H])(C3=CN(C4CC4)NN3)c3ccc(F)nc3)cc12)c1ccccc1. The molecule has 8 nitrogen and oxygen atoms in total. The molecule has 4 aromatic rings. The van der Waals surface area contributed by atoms with Gasteiger partial charge in [0.25, 0.3) is 0 Å². The molecule has 0 spiro atoms. The molecule has 41 heavy (non-hydrogen) atoms. The lowest BCUT2D eigenvalue weighted by molar-refractivity contribution is 0.260. The molecular formula is C31H30ClFN8. The molecule has 4 N–H and O–H groups in total. The van der Waals surface area contributed by atoms with E-state index in [4.69, 9.17) is 17.1 Å². The number of benzene rings is 2. The van der Waals surface area contributed by atoms with Gasteiger partial charge in [-0.25, -0.2) is 4.98 Å². The minimum Gasteiger partial charge on any atom is -0.377 e. The highest BCUT2D eigenvalue weighted by Gasteiger charge is 2.32. The number of rotatable bonds is 10. The number of nitriles is 1. The second kappa shape index (κ2) is 11.6. The van der Waals surface area contributed by atoms with E-state index in [1.807, 2.05) is 5.01 Å². The Morgan fingerprint density at radius 3 is 2.71 bits per heavy atom. The Morgan fingerprint density at radius 2 is 2.00 bits per heavy atom. The summed E-state index contributed by atoms with van der Waals surface area (Å²) in [4.78, 5) is 8.16. The number of pyridine rings is 2. The van der Waals surface area contributed by atoms with Crippen molar-refractivity contribution in [3.63, 3.8) is 0 Å². The van der Waals surface area contributed by atoms with Gasteiger partial charge in [0.1, 0.15) is 6.07 Å². The number of hydrogen-bond donors (Lipinski definition) is 4. The van der Waals surface area contributed by atoms with Gasteiger partial charge in [-0.2, -0.15) is 9.65 Å². The van der Waals surface area contributed by atoms with Crippen molar-refractivity contribution in [3.8, 4) is 6.07 Å². The summed E-state index contributed by atoms with van der Waals surface area (Å²) >= 11 is 6.75. The van der Waals surface area contributed by atoms with Gasteiger partial charge in [0.15, 0.2) is 0 Å². The van der Waals surface area contributed by atoms with E-state index >= 15 is 0 Å². The highest BCUT2D eigenvalue weighted by atomic mass is 35.5. The maximum Gasteiger partial charge on any atom is 0.212 e. The Labute approximate surface area is 250 Å². The van der Waals surface area contributed by atoms with Crippen molar-refractivity contribution < 1.29 is 11.2 Å². The smallest absolute Gasteiger partial charge is 0.212 e. The van der Waals surface area contributed by atoms with Crippen LogP contribution in [0.2, 0.25) is 5.02 Å². The van der Waals surface area contributed by atoms with Crippen LogP contribution >= 0.6 is 11.6 Å². The van der Waals surface area contributed by atoms with Gasteiger partial charge in [0, 0.05) is 41.2 Å². The molecule has 0 unspecified atom stereocenters. The van der Waals surface area contributed by atoms with Gasteiger partial charge in [-0.3, -0.25) is 9.99 Å². The minimum atomic E-state index is -2.44. The van der Waals surface area contributed by atoms with Gasteiger partial charge in [-0.1, -0.05) is 61.3 Å². The molecule has 1 aliphatic heterocycles. The van der Waals surface area contributed by atoms with E-state index in [2.05, 4.69) is 37.6 Å². The molecule has 0 radical (unpaired) electrons. The first kappa shape index (κ1) is 21.4. The molecule has 1 aliphatic carbocycles. The maximum atomic E-state index is 13.8. The molecule has 1 fully saturated rings. The van der Waals surface area contributed by atoms with Crippen molar-refractivity contribution in [2.75, 3.05) is 10.6 Å². The first-order valence-electron chi connectivity index (χ1n) is 15.6. The predicted octanol–water partition coefficient (Wildman–Crippen LogP) is 6.73. The second-order valence-corrected chi connectivity index (χ2v) is 10.1. The number of hydrogen-bond acceptors (Lipinski definition) is 8. The molecular weight excluding hydrogens is 539 g/mol. The van der Waals surface area contributed by atoms with Crippen LogP contribution in [0.4, 0.5) is 15.8 Å². The van der Waals surface area contributed by atoms with Gasteiger partial charge in [0.2, 0.25) is 5.95 Å². The average molecular weight is 574 g/mol. The molecule has 1 saturated carbocycles. The van der Waals surface area contributed by atoms with E-state index in [9.17, 15) is 11.0 Å². The van der Waals surface area contributed by atoms with Gasteiger partial charge >= 0.3 is 0 Å². The van der Waals surface area contributed by atoms with Crippen molar-refractivity contribution in [3.05, 3.63) is 107 Å². The Balaban J connectivity index is 1.48. The lowest BCUT2D eigenvalue weighted by atomic mass is 10.00. The Kier molecular flexibility index (Phi) is 6.05. The van der Waals surface area contributed by atoms with Crippen LogP contribution in [0.1, 0.15) is 68.1 Å². The highest BCUT2D eigenvalue weighted by Crippen LogP contribution is 2.38. The van der Waals surface area contributed by atoms with Crippen LogP contribution in [0.15, 0.2) is 78.9 Å². The quantitative estimate of drug-likeness (QED) is 0.155.